The van der Waals surface area contributed by atoms with Crippen molar-refractivity contribution >= 4 is 12.0 Å². The second-order valence-electron chi connectivity index (χ2n) is 4.67. The highest BCUT2D eigenvalue weighted by atomic mass is 16.1. The van der Waals surface area contributed by atoms with E-state index in [0.29, 0.717) is 0 Å². The molecule has 0 amide bonds. The highest BCUT2D eigenvalue weighted by molar-refractivity contribution is 5.84. The third kappa shape index (κ3) is 3.41. The number of hydrogen-bond acceptors (Lipinski definition) is 3. The van der Waals surface area contributed by atoms with Gasteiger partial charge in [0, 0.05) is 43.2 Å². The lowest BCUT2D eigenvalue weighted by Gasteiger charge is -2.21. The van der Waals surface area contributed by atoms with E-state index in [4.69, 9.17) is 0 Å². The number of benzene rings is 1. The van der Waals surface area contributed by atoms with Crippen LogP contribution in [0.25, 0.3) is 0 Å². The lowest BCUT2D eigenvalue weighted by atomic mass is 10.1. The van der Waals surface area contributed by atoms with Gasteiger partial charge in [-0.2, -0.15) is 0 Å². The molecule has 0 bridgehead atoms. The number of aldehydes is 1. The molecule has 19 heavy (non-hydrogen) atoms. The minimum absolute atomic E-state index is 0.739. The summed E-state index contributed by atoms with van der Waals surface area (Å²) in [5, 5.41) is 0. The minimum Gasteiger partial charge on any atom is -0.374 e. The predicted molar refractivity (Wildman–Crippen MR) is 77.8 cm³/mol. The number of carbonyl (C=O) groups is 1. The van der Waals surface area contributed by atoms with Crippen molar-refractivity contribution < 1.29 is 4.79 Å². The van der Waals surface area contributed by atoms with Crippen LogP contribution in [0.1, 0.15) is 21.6 Å². The summed E-state index contributed by atoms with van der Waals surface area (Å²) < 4.78 is 0. The normalized spacial score (nSPS) is 10.2. The first-order valence-electron chi connectivity index (χ1n) is 6.37. The molecule has 2 aromatic rings. The van der Waals surface area contributed by atoms with Crippen LogP contribution in [-0.2, 0) is 6.42 Å². The van der Waals surface area contributed by atoms with Gasteiger partial charge in [0.2, 0.25) is 0 Å². The molecule has 1 aromatic heterocycles. The first-order valence-corrected chi connectivity index (χ1v) is 6.37. The Bertz CT molecular complexity index is 552. The van der Waals surface area contributed by atoms with Crippen molar-refractivity contribution in [2.75, 3.05) is 18.5 Å². The van der Waals surface area contributed by atoms with Gasteiger partial charge in [-0.05, 0) is 31.2 Å². The van der Waals surface area contributed by atoms with E-state index in [2.05, 4.69) is 9.88 Å². The fourth-order valence-corrected chi connectivity index (χ4v) is 2.06. The van der Waals surface area contributed by atoms with E-state index in [-0.39, 0.29) is 0 Å². The molecule has 0 aliphatic rings. The molecule has 0 unspecified atom stereocenters. The van der Waals surface area contributed by atoms with Crippen LogP contribution in [0.2, 0.25) is 0 Å². The predicted octanol–water partition coefficient (Wildman–Crippen LogP) is 2.88. The first kappa shape index (κ1) is 13.3. The molecule has 0 fully saturated rings. The van der Waals surface area contributed by atoms with Crippen LogP contribution in [-0.4, -0.2) is 24.9 Å². The van der Waals surface area contributed by atoms with E-state index in [1.54, 1.807) is 6.20 Å². The Morgan fingerprint density at radius 3 is 2.79 bits per heavy atom. The molecule has 0 aliphatic carbocycles. The van der Waals surface area contributed by atoms with E-state index in [0.717, 1.165) is 41.8 Å². The molecule has 0 N–H and O–H groups in total. The van der Waals surface area contributed by atoms with Crippen molar-refractivity contribution in [1.82, 2.24) is 4.98 Å². The van der Waals surface area contributed by atoms with Gasteiger partial charge >= 0.3 is 0 Å². The molecular formula is C16H18N2O. The molecule has 0 spiro atoms. The molecule has 0 aliphatic heterocycles. The van der Waals surface area contributed by atoms with Crippen LogP contribution < -0.4 is 4.90 Å². The Morgan fingerprint density at radius 1 is 1.26 bits per heavy atom. The Hall–Kier alpha value is -2.16. The molecule has 0 atom stereocenters. The van der Waals surface area contributed by atoms with Gasteiger partial charge in [0.15, 0.2) is 6.29 Å². The number of anilines is 1. The SMILES string of the molecule is Cc1ccc(N(C)CCc2ccccn2)c(C=O)c1. The molecule has 0 radical (unpaired) electrons. The standard InChI is InChI=1S/C16H18N2O/c1-13-6-7-16(14(11-13)12-19)18(2)10-8-15-5-3-4-9-17-15/h3-7,9,11-12H,8,10H2,1-2H3. The summed E-state index contributed by atoms with van der Waals surface area (Å²) in [4.78, 5) is 17.5. The molecular weight excluding hydrogens is 236 g/mol. The van der Waals surface area contributed by atoms with Gasteiger partial charge in [-0.15, -0.1) is 0 Å². The van der Waals surface area contributed by atoms with Crippen molar-refractivity contribution in [3.63, 3.8) is 0 Å². The summed E-state index contributed by atoms with van der Waals surface area (Å²) in [6.07, 6.45) is 3.58. The quantitative estimate of drug-likeness (QED) is 0.769. The summed E-state index contributed by atoms with van der Waals surface area (Å²) in [5.41, 5.74) is 3.87. The van der Waals surface area contributed by atoms with Gasteiger partial charge in [0.1, 0.15) is 0 Å². The summed E-state index contributed by atoms with van der Waals surface area (Å²) in [5.74, 6) is 0. The Balaban J connectivity index is 2.08. The lowest BCUT2D eigenvalue weighted by Crippen LogP contribution is -2.21. The maximum Gasteiger partial charge on any atom is 0.152 e. The zero-order valence-electron chi connectivity index (χ0n) is 11.3. The number of pyridine rings is 1. The van der Waals surface area contributed by atoms with Crippen molar-refractivity contribution in [1.29, 1.82) is 0 Å². The van der Waals surface area contributed by atoms with Gasteiger partial charge in [0.25, 0.3) is 0 Å². The zero-order valence-corrected chi connectivity index (χ0v) is 11.3. The van der Waals surface area contributed by atoms with Crippen molar-refractivity contribution in [2.24, 2.45) is 0 Å². The van der Waals surface area contributed by atoms with Crippen molar-refractivity contribution in [2.45, 2.75) is 13.3 Å². The maximum absolute atomic E-state index is 11.1. The first-order chi connectivity index (χ1) is 9.20. The molecule has 3 nitrogen and oxygen atoms in total. The van der Waals surface area contributed by atoms with Crippen molar-refractivity contribution in [3.8, 4) is 0 Å². The number of hydrogen-bond donors (Lipinski definition) is 0. The fourth-order valence-electron chi connectivity index (χ4n) is 2.06. The number of aromatic nitrogens is 1. The molecule has 0 saturated heterocycles. The number of nitrogens with zero attached hydrogens (tertiary/aromatic N) is 2. The molecule has 2 rings (SSSR count). The Kier molecular flexibility index (Phi) is 4.29. The van der Waals surface area contributed by atoms with E-state index in [1.807, 2.05) is 50.4 Å². The highest BCUT2D eigenvalue weighted by Crippen LogP contribution is 2.19. The van der Waals surface area contributed by atoms with Gasteiger partial charge < -0.3 is 4.90 Å². The fraction of sp³-hybridized carbons (Fsp3) is 0.250. The number of rotatable bonds is 5. The topological polar surface area (TPSA) is 33.2 Å². The summed E-state index contributed by atoms with van der Waals surface area (Å²) in [7, 11) is 2.00. The van der Waals surface area contributed by atoms with E-state index in [1.165, 1.54) is 0 Å². The van der Waals surface area contributed by atoms with E-state index >= 15 is 0 Å². The highest BCUT2D eigenvalue weighted by Gasteiger charge is 2.07. The third-order valence-electron chi connectivity index (χ3n) is 3.15. The van der Waals surface area contributed by atoms with E-state index < -0.39 is 0 Å². The molecule has 3 heteroatoms. The van der Waals surface area contributed by atoms with Crippen LogP contribution in [0.5, 0.6) is 0 Å². The molecule has 1 aromatic carbocycles. The third-order valence-corrected chi connectivity index (χ3v) is 3.15. The van der Waals surface area contributed by atoms with Crippen LogP contribution in [0, 0.1) is 6.92 Å². The van der Waals surface area contributed by atoms with Crippen molar-refractivity contribution in [3.05, 3.63) is 59.4 Å². The maximum atomic E-state index is 11.1. The molecule has 1 heterocycles. The second-order valence-corrected chi connectivity index (χ2v) is 4.67. The second kappa shape index (κ2) is 6.14. The number of aryl methyl sites for hydroxylation is 1. The number of carbonyl (C=O) groups excluding carboxylic acids is 1. The van der Waals surface area contributed by atoms with E-state index in [9.17, 15) is 4.79 Å². The van der Waals surface area contributed by atoms with Crippen LogP contribution >= 0.6 is 0 Å². The van der Waals surface area contributed by atoms with Crippen LogP contribution in [0.3, 0.4) is 0 Å². The average molecular weight is 254 g/mol. The molecule has 98 valence electrons. The van der Waals surface area contributed by atoms with Crippen LogP contribution in [0.15, 0.2) is 42.6 Å². The van der Waals surface area contributed by atoms with Crippen LogP contribution in [0.4, 0.5) is 5.69 Å². The smallest absolute Gasteiger partial charge is 0.152 e. The van der Waals surface area contributed by atoms with Gasteiger partial charge in [-0.25, -0.2) is 0 Å². The zero-order chi connectivity index (χ0) is 13.7. The van der Waals surface area contributed by atoms with Gasteiger partial charge in [-0.1, -0.05) is 17.7 Å². The minimum atomic E-state index is 0.739. The number of likely N-dealkylation sites (N-methyl/N-ethyl adjacent to an activating group) is 1. The van der Waals surface area contributed by atoms with Gasteiger partial charge in [0.05, 0.1) is 0 Å². The lowest BCUT2D eigenvalue weighted by molar-refractivity contribution is 0.112. The average Bonchev–Trinajstić information content (AvgIpc) is 2.45. The largest absolute Gasteiger partial charge is 0.374 e. The summed E-state index contributed by atoms with van der Waals surface area (Å²) >= 11 is 0. The Labute approximate surface area is 113 Å². The van der Waals surface area contributed by atoms with Gasteiger partial charge in [-0.3, -0.25) is 9.78 Å². The summed E-state index contributed by atoms with van der Waals surface area (Å²) in [6, 6.07) is 11.9. The summed E-state index contributed by atoms with van der Waals surface area (Å²) in [6.45, 7) is 2.82. The Morgan fingerprint density at radius 2 is 2.11 bits per heavy atom. The monoisotopic (exact) mass is 254 g/mol. The molecule has 0 saturated carbocycles.